The predicted molar refractivity (Wildman–Crippen MR) is 109 cm³/mol. The highest BCUT2D eigenvalue weighted by Gasteiger charge is 2.45. The van der Waals surface area contributed by atoms with E-state index in [1.807, 2.05) is 30.3 Å². The normalized spacial score (nSPS) is 16.8. The molecular formula is C21H26N2O4S. The van der Waals surface area contributed by atoms with E-state index < -0.39 is 15.4 Å². The molecule has 28 heavy (non-hydrogen) atoms. The van der Waals surface area contributed by atoms with Gasteiger partial charge in [0.2, 0.25) is 15.9 Å². The van der Waals surface area contributed by atoms with Crippen LogP contribution in [0.1, 0.15) is 31.7 Å². The maximum Gasteiger partial charge on any atom is 0.240 e. The van der Waals surface area contributed by atoms with E-state index in [1.54, 1.807) is 19.1 Å². The highest BCUT2D eigenvalue weighted by molar-refractivity contribution is 7.89. The molecule has 1 atom stereocenters. The molecule has 6 nitrogen and oxygen atoms in total. The number of nitrogens with one attached hydrogen (secondary N) is 2. The van der Waals surface area contributed by atoms with E-state index in [0.717, 1.165) is 24.8 Å². The zero-order valence-corrected chi connectivity index (χ0v) is 17.0. The van der Waals surface area contributed by atoms with Crippen LogP contribution in [0.4, 0.5) is 5.69 Å². The molecule has 1 amide bonds. The number of benzene rings is 2. The molecule has 0 saturated heterocycles. The van der Waals surface area contributed by atoms with Crippen molar-refractivity contribution in [3.05, 3.63) is 60.2 Å². The third-order valence-electron chi connectivity index (χ3n) is 5.16. The van der Waals surface area contributed by atoms with E-state index >= 15 is 0 Å². The summed E-state index contributed by atoms with van der Waals surface area (Å²) in [5.41, 5.74) is 1.11. The number of carbonyl (C=O) groups is 1. The molecule has 1 aliphatic rings. The van der Waals surface area contributed by atoms with Crippen LogP contribution in [0.25, 0.3) is 0 Å². The zero-order valence-electron chi connectivity index (χ0n) is 16.1. The number of amides is 1. The van der Waals surface area contributed by atoms with E-state index in [2.05, 4.69) is 10.0 Å². The Hall–Kier alpha value is -2.22. The van der Waals surface area contributed by atoms with Crippen molar-refractivity contribution in [2.24, 2.45) is 0 Å². The minimum absolute atomic E-state index is 0.0487. The van der Waals surface area contributed by atoms with Gasteiger partial charge in [0, 0.05) is 18.8 Å². The molecular weight excluding hydrogens is 376 g/mol. The molecule has 150 valence electrons. The van der Waals surface area contributed by atoms with Gasteiger partial charge < -0.3 is 10.1 Å². The molecule has 1 unspecified atom stereocenters. The molecule has 7 heteroatoms. The summed E-state index contributed by atoms with van der Waals surface area (Å²) in [6, 6.07) is 15.7. The Morgan fingerprint density at radius 1 is 1.11 bits per heavy atom. The van der Waals surface area contributed by atoms with Gasteiger partial charge in [0.05, 0.1) is 16.9 Å². The Labute approximate surface area is 166 Å². The molecule has 1 fully saturated rings. The summed E-state index contributed by atoms with van der Waals surface area (Å²) in [7, 11) is -2.11. The van der Waals surface area contributed by atoms with Crippen molar-refractivity contribution in [2.45, 2.75) is 42.5 Å². The van der Waals surface area contributed by atoms with Gasteiger partial charge in [-0.3, -0.25) is 4.79 Å². The largest absolute Gasteiger partial charge is 0.383 e. The second kappa shape index (κ2) is 8.43. The molecule has 0 spiro atoms. The van der Waals surface area contributed by atoms with Crippen LogP contribution in [-0.4, -0.2) is 34.1 Å². The summed E-state index contributed by atoms with van der Waals surface area (Å²) < 4.78 is 32.3. The summed E-state index contributed by atoms with van der Waals surface area (Å²) >= 11 is 0. The lowest BCUT2D eigenvalue weighted by atomic mass is 9.64. The average molecular weight is 403 g/mol. The fourth-order valence-electron chi connectivity index (χ4n) is 3.52. The van der Waals surface area contributed by atoms with E-state index in [4.69, 9.17) is 4.74 Å². The molecule has 0 radical (unpaired) electrons. The second-order valence-corrected chi connectivity index (χ2v) is 8.97. The quantitative estimate of drug-likeness (QED) is 0.711. The van der Waals surface area contributed by atoms with Gasteiger partial charge in [-0.05, 0) is 49.6 Å². The van der Waals surface area contributed by atoms with Crippen LogP contribution < -0.4 is 10.0 Å². The Kier molecular flexibility index (Phi) is 6.17. The first-order chi connectivity index (χ1) is 13.4. The molecule has 0 bridgehead atoms. The van der Waals surface area contributed by atoms with Gasteiger partial charge in [-0.2, -0.15) is 0 Å². The summed E-state index contributed by atoms with van der Waals surface area (Å²) in [6.45, 7) is 2.02. The van der Waals surface area contributed by atoms with Crippen LogP contribution in [0.2, 0.25) is 0 Å². The van der Waals surface area contributed by atoms with Gasteiger partial charge in [-0.1, -0.05) is 36.8 Å². The summed E-state index contributed by atoms with van der Waals surface area (Å²) in [6.07, 6.45) is 2.65. The highest BCUT2D eigenvalue weighted by Crippen LogP contribution is 2.44. The molecule has 2 aromatic carbocycles. The molecule has 0 heterocycles. The van der Waals surface area contributed by atoms with Crippen LogP contribution in [0.3, 0.4) is 0 Å². The summed E-state index contributed by atoms with van der Waals surface area (Å²) in [5.74, 6) is -0.0487. The number of carbonyl (C=O) groups excluding carboxylic acids is 1. The average Bonchev–Trinajstić information content (AvgIpc) is 2.62. The fourth-order valence-corrected chi connectivity index (χ4v) is 4.75. The van der Waals surface area contributed by atoms with E-state index in [9.17, 15) is 13.2 Å². The first-order valence-electron chi connectivity index (χ1n) is 9.36. The smallest absolute Gasteiger partial charge is 0.240 e. The van der Waals surface area contributed by atoms with E-state index in [1.165, 1.54) is 19.2 Å². The van der Waals surface area contributed by atoms with Gasteiger partial charge in [0.15, 0.2) is 0 Å². The van der Waals surface area contributed by atoms with Crippen LogP contribution in [0.15, 0.2) is 59.5 Å². The second-order valence-electron chi connectivity index (χ2n) is 7.26. The van der Waals surface area contributed by atoms with Gasteiger partial charge in [0.1, 0.15) is 0 Å². The Morgan fingerprint density at radius 2 is 1.75 bits per heavy atom. The third kappa shape index (κ3) is 4.27. The lowest BCUT2D eigenvalue weighted by Crippen LogP contribution is -2.45. The standard InChI is InChI=1S/C21H26N2O4S/c1-16(15-27-2)23-28(25,26)19-11-9-18(10-12-19)22-20(24)21(13-6-14-21)17-7-4-3-5-8-17/h3-5,7-12,16,23H,6,13-15H2,1-2H3,(H,22,24). The van der Waals surface area contributed by atoms with Crippen LogP contribution >= 0.6 is 0 Å². The van der Waals surface area contributed by atoms with Gasteiger partial charge in [0.25, 0.3) is 0 Å². The first-order valence-corrected chi connectivity index (χ1v) is 10.8. The monoisotopic (exact) mass is 402 g/mol. The number of hydrogen-bond donors (Lipinski definition) is 2. The zero-order chi connectivity index (χ0) is 20.2. The minimum atomic E-state index is -3.63. The molecule has 0 aliphatic heterocycles. The van der Waals surface area contributed by atoms with Crippen molar-refractivity contribution < 1.29 is 17.9 Å². The highest BCUT2D eigenvalue weighted by atomic mass is 32.2. The minimum Gasteiger partial charge on any atom is -0.383 e. The number of methoxy groups -OCH3 is 1. The molecule has 2 N–H and O–H groups in total. The Bertz CT molecular complexity index is 907. The molecule has 2 aromatic rings. The maximum absolute atomic E-state index is 13.0. The maximum atomic E-state index is 13.0. The molecule has 3 rings (SSSR count). The lowest BCUT2D eigenvalue weighted by Gasteiger charge is -2.40. The molecule has 0 aromatic heterocycles. The SMILES string of the molecule is COCC(C)NS(=O)(=O)c1ccc(NC(=O)C2(c3ccccc3)CCC2)cc1. The molecule has 1 aliphatic carbocycles. The van der Waals surface area contributed by atoms with Crippen LogP contribution in [-0.2, 0) is 25.0 Å². The van der Waals surface area contributed by atoms with Gasteiger partial charge >= 0.3 is 0 Å². The fraction of sp³-hybridized carbons (Fsp3) is 0.381. The number of sulfonamides is 1. The Balaban J connectivity index is 1.71. The summed E-state index contributed by atoms with van der Waals surface area (Å²) in [4.78, 5) is 13.1. The van der Waals surface area contributed by atoms with Crippen molar-refractivity contribution in [1.82, 2.24) is 4.72 Å². The number of hydrogen-bond acceptors (Lipinski definition) is 4. The predicted octanol–water partition coefficient (Wildman–Crippen LogP) is 3.06. The number of ether oxygens (including phenoxy) is 1. The topological polar surface area (TPSA) is 84.5 Å². The van der Waals surface area contributed by atoms with Crippen molar-refractivity contribution >= 4 is 21.6 Å². The van der Waals surface area contributed by atoms with Crippen molar-refractivity contribution in [2.75, 3.05) is 19.0 Å². The lowest BCUT2D eigenvalue weighted by molar-refractivity contribution is -0.124. The van der Waals surface area contributed by atoms with Gasteiger partial charge in [-0.25, -0.2) is 13.1 Å². The number of rotatable bonds is 8. The molecule has 1 saturated carbocycles. The summed E-state index contributed by atoms with van der Waals surface area (Å²) in [5, 5.41) is 2.95. The first kappa shape index (κ1) is 20.5. The number of anilines is 1. The van der Waals surface area contributed by atoms with Crippen molar-refractivity contribution in [1.29, 1.82) is 0 Å². The van der Waals surface area contributed by atoms with Crippen molar-refractivity contribution in [3.8, 4) is 0 Å². The van der Waals surface area contributed by atoms with Crippen molar-refractivity contribution in [3.63, 3.8) is 0 Å². The Morgan fingerprint density at radius 3 is 2.29 bits per heavy atom. The van der Waals surface area contributed by atoms with Crippen LogP contribution in [0.5, 0.6) is 0 Å². The van der Waals surface area contributed by atoms with E-state index in [-0.39, 0.29) is 23.5 Å². The third-order valence-corrected chi connectivity index (χ3v) is 6.77. The van der Waals surface area contributed by atoms with Crippen LogP contribution in [0, 0.1) is 0 Å². The van der Waals surface area contributed by atoms with Gasteiger partial charge in [-0.15, -0.1) is 0 Å². The van der Waals surface area contributed by atoms with E-state index in [0.29, 0.717) is 5.69 Å².